The van der Waals surface area contributed by atoms with Crippen molar-refractivity contribution in [2.45, 2.75) is 26.9 Å². The Morgan fingerprint density at radius 2 is 2.30 bits per heavy atom. The molecule has 1 aromatic heterocycles. The lowest BCUT2D eigenvalue weighted by Crippen LogP contribution is -2.05. The van der Waals surface area contributed by atoms with Crippen molar-refractivity contribution in [2.24, 2.45) is 0 Å². The van der Waals surface area contributed by atoms with E-state index in [-0.39, 0.29) is 6.10 Å². The van der Waals surface area contributed by atoms with Gasteiger partial charge in [-0.1, -0.05) is 0 Å². The Hall–Kier alpha value is -0.990. The number of oxazole rings is 1. The molecule has 0 aliphatic carbocycles. The van der Waals surface area contributed by atoms with Gasteiger partial charge in [0.2, 0.25) is 0 Å². The molecular weight excluding hydrogens is 130 g/mol. The molecule has 0 aliphatic rings. The molecule has 3 heteroatoms. The first-order chi connectivity index (χ1) is 4.68. The normalized spacial score (nSPS) is 10.4. The molecule has 0 radical (unpaired) electrons. The van der Waals surface area contributed by atoms with E-state index in [2.05, 4.69) is 4.98 Å². The van der Waals surface area contributed by atoms with Gasteiger partial charge < -0.3 is 9.15 Å². The maximum absolute atomic E-state index is 5.23. The Labute approximate surface area is 60.0 Å². The number of rotatable bonds is 2. The zero-order chi connectivity index (χ0) is 7.56. The SMILES string of the molecule is Cc1nc(OC(C)C)co1. The third-order valence-electron chi connectivity index (χ3n) is 0.954. The van der Waals surface area contributed by atoms with Gasteiger partial charge in [-0.3, -0.25) is 0 Å². The van der Waals surface area contributed by atoms with Gasteiger partial charge in [0, 0.05) is 6.92 Å². The topological polar surface area (TPSA) is 35.3 Å². The lowest BCUT2D eigenvalue weighted by Gasteiger charge is -2.03. The Balaban J connectivity index is 2.58. The smallest absolute Gasteiger partial charge is 0.253 e. The highest BCUT2D eigenvalue weighted by Gasteiger charge is 2.01. The molecule has 0 amide bonds. The monoisotopic (exact) mass is 141 g/mol. The molecule has 0 atom stereocenters. The van der Waals surface area contributed by atoms with Crippen molar-refractivity contribution in [3.05, 3.63) is 12.2 Å². The fourth-order valence-electron chi connectivity index (χ4n) is 0.639. The van der Waals surface area contributed by atoms with E-state index in [1.807, 2.05) is 13.8 Å². The summed E-state index contributed by atoms with van der Waals surface area (Å²) >= 11 is 0. The maximum Gasteiger partial charge on any atom is 0.253 e. The van der Waals surface area contributed by atoms with E-state index in [0.717, 1.165) is 0 Å². The van der Waals surface area contributed by atoms with Crippen LogP contribution in [0.5, 0.6) is 5.88 Å². The van der Waals surface area contributed by atoms with Gasteiger partial charge in [0.15, 0.2) is 12.2 Å². The van der Waals surface area contributed by atoms with Gasteiger partial charge in [-0.05, 0) is 13.8 Å². The highest BCUT2D eigenvalue weighted by atomic mass is 16.5. The molecule has 3 nitrogen and oxygen atoms in total. The van der Waals surface area contributed by atoms with E-state index in [1.165, 1.54) is 6.26 Å². The number of nitrogens with zero attached hydrogens (tertiary/aromatic N) is 1. The maximum atomic E-state index is 5.23. The summed E-state index contributed by atoms with van der Waals surface area (Å²) in [4.78, 5) is 3.96. The Morgan fingerprint density at radius 1 is 1.60 bits per heavy atom. The minimum Gasteiger partial charge on any atom is -0.473 e. The second kappa shape index (κ2) is 2.73. The molecule has 10 heavy (non-hydrogen) atoms. The van der Waals surface area contributed by atoms with Crippen molar-refractivity contribution in [3.63, 3.8) is 0 Å². The molecule has 1 heterocycles. The van der Waals surface area contributed by atoms with Crippen molar-refractivity contribution in [2.75, 3.05) is 0 Å². The molecule has 0 aliphatic heterocycles. The van der Waals surface area contributed by atoms with Gasteiger partial charge in [0.25, 0.3) is 5.88 Å². The minimum atomic E-state index is 0.157. The fraction of sp³-hybridized carbons (Fsp3) is 0.571. The number of aromatic nitrogens is 1. The second-order valence-electron chi connectivity index (χ2n) is 2.37. The van der Waals surface area contributed by atoms with E-state index in [0.29, 0.717) is 11.8 Å². The quantitative estimate of drug-likeness (QED) is 0.629. The van der Waals surface area contributed by atoms with Crippen LogP contribution in [0.2, 0.25) is 0 Å². The summed E-state index contributed by atoms with van der Waals surface area (Å²) < 4.78 is 10.2. The first-order valence-corrected chi connectivity index (χ1v) is 3.27. The van der Waals surface area contributed by atoms with Crippen LogP contribution in [0.15, 0.2) is 10.7 Å². The number of ether oxygens (including phenoxy) is 1. The van der Waals surface area contributed by atoms with Crippen LogP contribution in [-0.2, 0) is 0 Å². The standard InChI is InChI=1S/C7H11NO2/c1-5(2)10-7-4-9-6(3)8-7/h4-5H,1-3H3. The summed E-state index contributed by atoms with van der Waals surface area (Å²) in [6.07, 6.45) is 1.67. The summed E-state index contributed by atoms with van der Waals surface area (Å²) in [5.41, 5.74) is 0. The average molecular weight is 141 g/mol. The van der Waals surface area contributed by atoms with Gasteiger partial charge >= 0.3 is 0 Å². The number of aryl methyl sites for hydroxylation is 1. The molecular formula is C7H11NO2. The first-order valence-electron chi connectivity index (χ1n) is 3.27. The summed E-state index contributed by atoms with van der Waals surface area (Å²) in [5, 5.41) is 0. The summed E-state index contributed by atoms with van der Waals surface area (Å²) in [6, 6.07) is 0. The van der Waals surface area contributed by atoms with Crippen LogP contribution >= 0.6 is 0 Å². The molecule has 0 N–H and O–H groups in total. The van der Waals surface area contributed by atoms with Crippen molar-refractivity contribution in [1.29, 1.82) is 0 Å². The van der Waals surface area contributed by atoms with Crippen LogP contribution in [0.4, 0.5) is 0 Å². The van der Waals surface area contributed by atoms with Crippen LogP contribution in [-0.4, -0.2) is 11.1 Å². The molecule has 56 valence electrons. The zero-order valence-electron chi connectivity index (χ0n) is 6.42. The number of hydrogen-bond donors (Lipinski definition) is 0. The zero-order valence-corrected chi connectivity index (χ0v) is 6.42. The molecule has 0 saturated carbocycles. The third-order valence-corrected chi connectivity index (χ3v) is 0.954. The predicted molar refractivity (Wildman–Crippen MR) is 37.0 cm³/mol. The van der Waals surface area contributed by atoms with Crippen molar-refractivity contribution < 1.29 is 9.15 Å². The highest BCUT2D eigenvalue weighted by Crippen LogP contribution is 2.10. The Kier molecular flexibility index (Phi) is 1.94. The van der Waals surface area contributed by atoms with E-state index in [4.69, 9.17) is 9.15 Å². The van der Waals surface area contributed by atoms with Gasteiger partial charge in [-0.15, -0.1) is 0 Å². The lowest BCUT2D eigenvalue weighted by atomic mass is 10.5. The van der Waals surface area contributed by atoms with Gasteiger partial charge in [-0.25, -0.2) is 0 Å². The van der Waals surface area contributed by atoms with Crippen molar-refractivity contribution in [3.8, 4) is 5.88 Å². The van der Waals surface area contributed by atoms with E-state index in [9.17, 15) is 0 Å². The van der Waals surface area contributed by atoms with Crippen LogP contribution < -0.4 is 4.74 Å². The van der Waals surface area contributed by atoms with Crippen LogP contribution in [0, 0.1) is 6.92 Å². The van der Waals surface area contributed by atoms with E-state index in [1.54, 1.807) is 6.92 Å². The lowest BCUT2D eigenvalue weighted by molar-refractivity contribution is 0.232. The Bertz CT molecular complexity index is 205. The van der Waals surface area contributed by atoms with Crippen LogP contribution in [0.25, 0.3) is 0 Å². The highest BCUT2D eigenvalue weighted by molar-refractivity contribution is 5.02. The summed E-state index contributed by atoms with van der Waals surface area (Å²) in [5.74, 6) is 1.20. The molecule has 1 rings (SSSR count). The van der Waals surface area contributed by atoms with Gasteiger partial charge in [0.05, 0.1) is 6.10 Å². The molecule has 0 unspecified atom stereocenters. The van der Waals surface area contributed by atoms with Gasteiger partial charge in [0.1, 0.15) is 0 Å². The van der Waals surface area contributed by atoms with E-state index < -0.39 is 0 Å². The fourth-order valence-corrected chi connectivity index (χ4v) is 0.639. The summed E-state index contributed by atoms with van der Waals surface area (Å²) in [6.45, 7) is 5.68. The van der Waals surface area contributed by atoms with Crippen molar-refractivity contribution >= 4 is 0 Å². The molecule has 0 bridgehead atoms. The molecule has 0 spiro atoms. The summed E-state index contributed by atoms with van der Waals surface area (Å²) in [7, 11) is 0. The second-order valence-corrected chi connectivity index (χ2v) is 2.37. The molecule has 0 saturated heterocycles. The van der Waals surface area contributed by atoms with Gasteiger partial charge in [-0.2, -0.15) is 4.98 Å². The molecule has 1 aromatic rings. The molecule has 0 aromatic carbocycles. The average Bonchev–Trinajstić information content (AvgIpc) is 2.13. The third kappa shape index (κ3) is 1.76. The molecule has 0 fully saturated rings. The first kappa shape index (κ1) is 7.12. The van der Waals surface area contributed by atoms with Crippen molar-refractivity contribution in [1.82, 2.24) is 4.98 Å². The number of hydrogen-bond acceptors (Lipinski definition) is 3. The Morgan fingerprint density at radius 3 is 2.70 bits per heavy atom. The van der Waals surface area contributed by atoms with Crippen LogP contribution in [0.3, 0.4) is 0 Å². The van der Waals surface area contributed by atoms with Crippen LogP contribution in [0.1, 0.15) is 19.7 Å². The van der Waals surface area contributed by atoms with E-state index >= 15 is 0 Å². The predicted octanol–water partition coefficient (Wildman–Crippen LogP) is 1.77. The minimum absolute atomic E-state index is 0.157. The largest absolute Gasteiger partial charge is 0.473 e.